The van der Waals surface area contributed by atoms with E-state index < -0.39 is 0 Å². The molecule has 0 aliphatic rings. The van der Waals surface area contributed by atoms with Crippen molar-refractivity contribution in [3.8, 4) is 17.1 Å². The molecule has 1 amide bonds. The van der Waals surface area contributed by atoms with Gasteiger partial charge < -0.3 is 14.6 Å². The van der Waals surface area contributed by atoms with Crippen LogP contribution in [0.4, 0.5) is 0 Å². The number of carbonyl (C=O) groups excluding carboxylic acids is 1. The first-order chi connectivity index (χ1) is 12.1. The van der Waals surface area contributed by atoms with Crippen LogP contribution in [0.5, 0.6) is 5.75 Å². The monoisotopic (exact) mass is 376 g/mol. The van der Waals surface area contributed by atoms with Crippen LogP contribution >= 0.6 is 23.2 Å². The molecule has 0 bridgehead atoms. The maximum absolute atomic E-state index is 12.2. The van der Waals surface area contributed by atoms with E-state index in [1.807, 2.05) is 24.3 Å². The molecule has 1 heterocycles. The van der Waals surface area contributed by atoms with Crippen molar-refractivity contribution in [2.45, 2.75) is 6.54 Å². The summed E-state index contributed by atoms with van der Waals surface area (Å²) in [6, 6.07) is 13.9. The van der Waals surface area contributed by atoms with Crippen LogP contribution in [0.15, 0.2) is 53.1 Å². The lowest BCUT2D eigenvalue weighted by Gasteiger charge is -2.05. The van der Waals surface area contributed by atoms with E-state index in [1.54, 1.807) is 25.3 Å². The summed E-state index contributed by atoms with van der Waals surface area (Å²) in [5.41, 5.74) is 1.77. The van der Waals surface area contributed by atoms with Gasteiger partial charge >= 0.3 is 0 Å². The average Bonchev–Trinajstić information content (AvgIpc) is 3.11. The topological polar surface area (TPSA) is 64.4 Å². The Morgan fingerprint density at radius 1 is 1.16 bits per heavy atom. The minimum absolute atomic E-state index is 0.210. The smallest absolute Gasteiger partial charge is 0.253 e. The molecule has 25 heavy (non-hydrogen) atoms. The maximum Gasteiger partial charge on any atom is 0.253 e. The largest absolute Gasteiger partial charge is 0.497 e. The standard InChI is InChI=1S/C18H14Cl2N2O3/c1-24-14-5-2-11(3-6-14)17-9-13(22-25-17)10-21-18(23)15-8-12(19)4-7-16(15)20/h2-9H,10H2,1H3,(H,21,23). The Kier molecular flexibility index (Phi) is 5.26. The summed E-state index contributed by atoms with van der Waals surface area (Å²) in [7, 11) is 1.61. The van der Waals surface area contributed by atoms with E-state index in [1.165, 1.54) is 6.07 Å². The van der Waals surface area contributed by atoms with E-state index in [0.717, 1.165) is 11.3 Å². The first-order valence-corrected chi connectivity index (χ1v) is 8.15. The predicted molar refractivity (Wildman–Crippen MR) is 96.1 cm³/mol. The molecule has 2 aromatic carbocycles. The van der Waals surface area contributed by atoms with Crippen molar-refractivity contribution in [2.75, 3.05) is 7.11 Å². The van der Waals surface area contributed by atoms with Gasteiger partial charge in [-0.3, -0.25) is 4.79 Å². The van der Waals surface area contributed by atoms with E-state index in [4.69, 9.17) is 32.5 Å². The number of carbonyl (C=O) groups is 1. The van der Waals surface area contributed by atoms with Crippen molar-refractivity contribution in [3.05, 3.63) is 69.8 Å². The van der Waals surface area contributed by atoms with Gasteiger partial charge in [-0.05, 0) is 42.5 Å². The van der Waals surface area contributed by atoms with E-state index >= 15 is 0 Å². The molecular formula is C18H14Cl2N2O3. The molecule has 1 N–H and O–H groups in total. The summed E-state index contributed by atoms with van der Waals surface area (Å²) in [5, 5.41) is 7.48. The third-order valence-corrected chi connectivity index (χ3v) is 4.10. The van der Waals surface area contributed by atoms with Crippen LogP contribution in [0, 0.1) is 0 Å². The van der Waals surface area contributed by atoms with Crippen molar-refractivity contribution in [2.24, 2.45) is 0 Å². The molecule has 0 radical (unpaired) electrons. The second-order valence-corrected chi connectivity index (χ2v) is 6.06. The van der Waals surface area contributed by atoms with Gasteiger partial charge in [-0.25, -0.2) is 0 Å². The van der Waals surface area contributed by atoms with Crippen molar-refractivity contribution >= 4 is 29.1 Å². The molecule has 5 nitrogen and oxygen atoms in total. The maximum atomic E-state index is 12.2. The Morgan fingerprint density at radius 3 is 2.64 bits per heavy atom. The Hall–Kier alpha value is -2.50. The fraction of sp³-hybridized carbons (Fsp3) is 0.111. The van der Waals surface area contributed by atoms with Gasteiger partial charge in [0, 0.05) is 16.7 Å². The van der Waals surface area contributed by atoms with E-state index in [2.05, 4.69) is 10.5 Å². The SMILES string of the molecule is COc1ccc(-c2cc(CNC(=O)c3cc(Cl)ccc3Cl)no2)cc1. The lowest BCUT2D eigenvalue weighted by Crippen LogP contribution is -2.23. The predicted octanol–water partition coefficient (Wildman–Crippen LogP) is 4.59. The number of ether oxygens (including phenoxy) is 1. The van der Waals surface area contributed by atoms with Gasteiger partial charge in [-0.15, -0.1) is 0 Å². The van der Waals surface area contributed by atoms with Crippen LogP contribution in [0.3, 0.4) is 0 Å². The Morgan fingerprint density at radius 2 is 1.92 bits per heavy atom. The molecule has 128 valence electrons. The molecule has 0 saturated heterocycles. The fourth-order valence-electron chi connectivity index (χ4n) is 2.22. The summed E-state index contributed by atoms with van der Waals surface area (Å²) >= 11 is 11.9. The van der Waals surface area contributed by atoms with Gasteiger partial charge in [0.2, 0.25) is 0 Å². The third-order valence-electron chi connectivity index (χ3n) is 3.54. The van der Waals surface area contributed by atoms with Gasteiger partial charge in [-0.1, -0.05) is 28.4 Å². The van der Waals surface area contributed by atoms with E-state index in [0.29, 0.717) is 27.1 Å². The lowest BCUT2D eigenvalue weighted by molar-refractivity contribution is 0.0950. The fourth-order valence-corrected chi connectivity index (χ4v) is 2.60. The second kappa shape index (κ2) is 7.59. The van der Waals surface area contributed by atoms with Crippen LogP contribution < -0.4 is 10.1 Å². The molecule has 3 aromatic rings. The Bertz CT molecular complexity index is 892. The highest BCUT2D eigenvalue weighted by molar-refractivity contribution is 6.35. The molecular weight excluding hydrogens is 363 g/mol. The highest BCUT2D eigenvalue weighted by Gasteiger charge is 2.12. The molecule has 0 saturated carbocycles. The lowest BCUT2D eigenvalue weighted by atomic mass is 10.1. The minimum atomic E-state index is -0.332. The zero-order valence-corrected chi connectivity index (χ0v) is 14.8. The number of nitrogens with one attached hydrogen (secondary N) is 1. The summed E-state index contributed by atoms with van der Waals surface area (Å²) in [6.07, 6.45) is 0. The number of hydrogen-bond acceptors (Lipinski definition) is 4. The normalized spacial score (nSPS) is 10.5. The highest BCUT2D eigenvalue weighted by Crippen LogP contribution is 2.23. The molecule has 0 spiro atoms. The van der Waals surface area contributed by atoms with Crippen molar-refractivity contribution in [3.63, 3.8) is 0 Å². The van der Waals surface area contributed by atoms with Crippen molar-refractivity contribution in [1.29, 1.82) is 0 Å². The van der Waals surface area contributed by atoms with Crippen LogP contribution in [0.25, 0.3) is 11.3 Å². The van der Waals surface area contributed by atoms with E-state index in [9.17, 15) is 4.79 Å². The van der Waals surface area contributed by atoms with Gasteiger partial charge in [-0.2, -0.15) is 0 Å². The van der Waals surface area contributed by atoms with Crippen LogP contribution in [0.2, 0.25) is 10.0 Å². The van der Waals surface area contributed by atoms with Crippen LogP contribution in [0.1, 0.15) is 16.1 Å². The first kappa shape index (κ1) is 17.3. The molecule has 0 aliphatic carbocycles. The van der Waals surface area contributed by atoms with Crippen molar-refractivity contribution in [1.82, 2.24) is 10.5 Å². The molecule has 3 rings (SSSR count). The van der Waals surface area contributed by atoms with Crippen LogP contribution in [-0.4, -0.2) is 18.2 Å². The Labute approximate surface area is 154 Å². The number of hydrogen-bond donors (Lipinski definition) is 1. The number of amides is 1. The number of aromatic nitrogens is 1. The Balaban J connectivity index is 1.67. The van der Waals surface area contributed by atoms with Gasteiger partial charge in [0.1, 0.15) is 11.4 Å². The summed E-state index contributed by atoms with van der Waals surface area (Å²) in [4.78, 5) is 12.2. The zero-order valence-electron chi connectivity index (χ0n) is 13.3. The quantitative estimate of drug-likeness (QED) is 0.707. The molecule has 1 aromatic heterocycles. The number of methoxy groups -OCH3 is 1. The molecule has 0 unspecified atom stereocenters. The number of halogens is 2. The van der Waals surface area contributed by atoms with Gasteiger partial charge in [0.15, 0.2) is 5.76 Å². The first-order valence-electron chi connectivity index (χ1n) is 7.40. The molecule has 0 atom stereocenters. The van der Waals surface area contributed by atoms with Gasteiger partial charge in [0.25, 0.3) is 5.91 Å². The third kappa shape index (κ3) is 4.13. The summed E-state index contributed by atoms with van der Waals surface area (Å²) < 4.78 is 10.4. The number of rotatable bonds is 5. The highest BCUT2D eigenvalue weighted by atomic mass is 35.5. The van der Waals surface area contributed by atoms with Crippen molar-refractivity contribution < 1.29 is 14.1 Å². The zero-order chi connectivity index (χ0) is 17.8. The number of nitrogens with zero attached hydrogens (tertiary/aromatic N) is 1. The average molecular weight is 377 g/mol. The molecule has 7 heteroatoms. The summed E-state index contributed by atoms with van der Waals surface area (Å²) in [5.74, 6) is 1.03. The van der Waals surface area contributed by atoms with E-state index in [-0.39, 0.29) is 12.5 Å². The molecule has 0 aliphatic heterocycles. The van der Waals surface area contributed by atoms with Gasteiger partial charge in [0.05, 0.1) is 24.2 Å². The second-order valence-electron chi connectivity index (χ2n) is 5.22. The molecule has 0 fully saturated rings. The minimum Gasteiger partial charge on any atom is -0.497 e. The number of benzene rings is 2. The summed E-state index contributed by atoms with van der Waals surface area (Å²) in [6.45, 7) is 0.210. The van der Waals surface area contributed by atoms with Crippen LogP contribution in [-0.2, 0) is 6.54 Å².